The maximum Gasteiger partial charge on any atom is 0.164 e. The van der Waals surface area contributed by atoms with Crippen LogP contribution in [-0.4, -0.2) is 24.1 Å². The number of para-hydroxylation sites is 3. The van der Waals surface area contributed by atoms with E-state index in [0.717, 1.165) is 65.8 Å². The third kappa shape index (κ3) is 4.69. The van der Waals surface area contributed by atoms with Crippen molar-refractivity contribution in [1.82, 2.24) is 24.1 Å². The first kappa shape index (κ1) is 21.9. The Balaban J connectivity index is 1.23. The van der Waals surface area contributed by atoms with Crippen molar-refractivity contribution in [3.8, 4) is 45.5 Å². The molecule has 0 N–H and O–H groups in total. The Morgan fingerprint density at radius 2 is 0.870 bits per heavy atom. The number of hydrogen-bond acceptors (Lipinski definition) is 3. The number of nitrogens with zero attached hydrogens (tertiary/aromatic N) is 5. The van der Waals surface area contributed by atoms with Gasteiger partial charge in [-0.1, -0.05) is 157 Å². The monoisotopic (exact) mass is 699 g/mol. The smallest absolute Gasteiger partial charge is 0.164 e. The largest absolute Gasteiger partial charge is 0.307 e. The molecule has 0 fully saturated rings. The van der Waals surface area contributed by atoms with Gasteiger partial charge in [-0.15, -0.1) is 0 Å². The van der Waals surface area contributed by atoms with Crippen LogP contribution in [0.3, 0.4) is 0 Å². The van der Waals surface area contributed by atoms with Gasteiger partial charge in [-0.05, 0) is 35.7 Å². The normalized spacial score (nSPS) is 14.3. The van der Waals surface area contributed by atoms with E-state index in [1.165, 1.54) is 0 Å². The van der Waals surface area contributed by atoms with Crippen LogP contribution in [0.4, 0.5) is 0 Å². The van der Waals surface area contributed by atoms with E-state index in [1.807, 2.05) is 54.6 Å². The fourth-order valence-corrected chi connectivity index (χ4v) is 7.66. The van der Waals surface area contributed by atoms with Gasteiger partial charge in [0.2, 0.25) is 0 Å². The highest BCUT2D eigenvalue weighted by atomic mass is 15.1. The first-order valence-corrected chi connectivity index (χ1v) is 17.4. The maximum absolute atomic E-state index is 8.79. The third-order valence-corrected chi connectivity index (χ3v) is 9.94. The maximum atomic E-state index is 8.79. The minimum Gasteiger partial charge on any atom is -0.307 e. The van der Waals surface area contributed by atoms with E-state index in [-0.39, 0.29) is 28.6 Å². The fourth-order valence-electron chi connectivity index (χ4n) is 7.66. The van der Waals surface area contributed by atoms with Crippen LogP contribution in [0.25, 0.3) is 99.9 Å². The molecule has 5 heteroatoms. The van der Waals surface area contributed by atoms with Gasteiger partial charge in [0.25, 0.3) is 0 Å². The summed E-state index contributed by atoms with van der Waals surface area (Å²) in [7, 11) is 0. The molecule has 3 aromatic heterocycles. The van der Waals surface area contributed by atoms with Gasteiger partial charge in [-0.2, -0.15) is 0 Å². The van der Waals surface area contributed by atoms with Crippen molar-refractivity contribution in [1.29, 1.82) is 0 Å². The third-order valence-electron chi connectivity index (χ3n) is 9.94. The van der Waals surface area contributed by atoms with Gasteiger partial charge in [-0.25, -0.2) is 15.0 Å². The highest BCUT2D eigenvalue weighted by Gasteiger charge is 2.22. The Kier molecular flexibility index (Phi) is 4.90. The second-order valence-corrected chi connectivity index (χ2v) is 12.9. The Labute approximate surface area is 325 Å². The highest BCUT2D eigenvalue weighted by molar-refractivity contribution is 6.16. The van der Waals surface area contributed by atoms with E-state index in [2.05, 4.69) is 80.8 Å². The van der Waals surface area contributed by atoms with Gasteiger partial charge in [0.1, 0.15) is 0 Å². The molecule has 0 saturated carbocycles. The quantitative estimate of drug-likeness (QED) is 0.180. The number of aromatic nitrogens is 5. The topological polar surface area (TPSA) is 48.5 Å². The van der Waals surface area contributed by atoms with Crippen molar-refractivity contribution in [2.45, 2.75) is 0 Å². The summed E-state index contributed by atoms with van der Waals surface area (Å²) in [5.74, 6) is -0.664. The molecular weight excluding hydrogens is 659 g/mol. The summed E-state index contributed by atoms with van der Waals surface area (Å²) < 4.78 is 89.7. The SMILES string of the molecule is [2H]c1c([2H])c([2H])c(-c2nc(-c3ccc4c5ccccc5n(-c5cccc6c7ccccc7n(-c7cccc8ccccc78)c56)c4c3)nc(-c3c([2H])c([2H])c([2H])c([2H])c3[2H])n2)c([2H])c1[2H]. The van der Waals surface area contributed by atoms with Gasteiger partial charge < -0.3 is 9.13 Å². The molecular formula is C49H31N5. The summed E-state index contributed by atoms with van der Waals surface area (Å²) in [6.45, 7) is 0. The fraction of sp³-hybridized carbons (Fsp3) is 0. The van der Waals surface area contributed by atoms with E-state index in [9.17, 15) is 0 Å². The van der Waals surface area contributed by atoms with Crippen LogP contribution in [0.1, 0.15) is 13.7 Å². The Hall–Kier alpha value is -7.37. The second kappa shape index (κ2) is 12.1. The van der Waals surface area contributed by atoms with Crippen LogP contribution in [0.15, 0.2) is 188 Å². The zero-order valence-electron chi connectivity index (χ0n) is 38.4. The molecule has 0 aliphatic rings. The molecule has 0 radical (unpaired) electrons. The van der Waals surface area contributed by atoms with Gasteiger partial charge in [0.15, 0.2) is 17.5 Å². The van der Waals surface area contributed by atoms with Crippen molar-refractivity contribution in [2.75, 3.05) is 0 Å². The summed E-state index contributed by atoms with van der Waals surface area (Å²) in [6.07, 6.45) is 0. The molecule has 54 heavy (non-hydrogen) atoms. The highest BCUT2D eigenvalue weighted by Crippen LogP contribution is 2.41. The minimum atomic E-state index is -0.608. The predicted octanol–water partition coefficient (Wildman–Crippen LogP) is 12.2. The lowest BCUT2D eigenvalue weighted by atomic mass is 10.1. The minimum absolute atomic E-state index is 0.0135. The molecule has 0 aliphatic carbocycles. The molecule has 0 aliphatic heterocycles. The summed E-state index contributed by atoms with van der Waals surface area (Å²) in [4.78, 5) is 13.9. The molecule has 0 atom stereocenters. The first-order chi connectivity index (χ1) is 30.9. The van der Waals surface area contributed by atoms with Crippen molar-refractivity contribution < 1.29 is 13.7 Å². The van der Waals surface area contributed by atoms with Crippen LogP contribution >= 0.6 is 0 Å². The van der Waals surface area contributed by atoms with Crippen molar-refractivity contribution in [3.05, 3.63) is 188 Å². The average molecular weight is 700 g/mol. The van der Waals surface area contributed by atoms with E-state index >= 15 is 0 Å². The van der Waals surface area contributed by atoms with Crippen molar-refractivity contribution >= 4 is 54.4 Å². The standard InChI is InChI=1S/C49H31N5/c1-3-16-33(17-4-1)47-50-48(34-18-5-2-6-19-34)52-49(51-47)35-29-30-39-37-22-9-11-25-42(37)53(45(39)31-35)44-28-14-24-40-38-23-10-12-26-43(38)54(46(40)44)41-27-13-20-32-15-7-8-21-36(32)41/h1-31H/i1D,2D,3D,4D,5D,6D,16D,17D,18D,19D. The summed E-state index contributed by atoms with van der Waals surface area (Å²) in [5, 5.41) is 6.21. The van der Waals surface area contributed by atoms with Crippen molar-refractivity contribution in [2.24, 2.45) is 0 Å². The summed E-state index contributed by atoms with van der Waals surface area (Å²) in [6, 6.07) is 37.1. The van der Waals surface area contributed by atoms with Gasteiger partial charge in [0.05, 0.1) is 47.1 Å². The zero-order chi connectivity index (χ0) is 44.3. The van der Waals surface area contributed by atoms with Crippen LogP contribution in [-0.2, 0) is 0 Å². The van der Waals surface area contributed by atoms with Crippen molar-refractivity contribution in [3.63, 3.8) is 0 Å². The van der Waals surface area contributed by atoms with Crippen LogP contribution < -0.4 is 0 Å². The van der Waals surface area contributed by atoms with E-state index in [4.69, 9.17) is 23.7 Å². The lowest BCUT2D eigenvalue weighted by Crippen LogP contribution is -2.02. The lowest BCUT2D eigenvalue weighted by Gasteiger charge is -2.16. The number of rotatable bonds is 5. The average Bonchev–Trinajstić information content (AvgIpc) is 3.84. The second-order valence-electron chi connectivity index (χ2n) is 12.9. The molecule has 0 bridgehead atoms. The number of fused-ring (bicyclic) bond motifs is 7. The molecule has 11 aromatic rings. The van der Waals surface area contributed by atoms with Gasteiger partial charge in [-0.3, -0.25) is 0 Å². The van der Waals surface area contributed by atoms with Gasteiger partial charge in [0, 0.05) is 43.6 Å². The molecule has 0 amide bonds. The number of benzene rings is 8. The van der Waals surface area contributed by atoms with E-state index in [1.54, 1.807) is 6.07 Å². The van der Waals surface area contributed by atoms with Crippen LogP contribution in [0.5, 0.6) is 0 Å². The molecule has 11 rings (SSSR count). The first-order valence-electron chi connectivity index (χ1n) is 22.4. The van der Waals surface area contributed by atoms with E-state index < -0.39 is 60.4 Å². The lowest BCUT2D eigenvalue weighted by molar-refractivity contribution is 1.07. The Morgan fingerprint density at radius 3 is 1.57 bits per heavy atom. The molecule has 0 spiro atoms. The zero-order valence-corrected chi connectivity index (χ0v) is 28.4. The molecule has 0 unspecified atom stereocenters. The Bertz CT molecular complexity index is 3670. The summed E-state index contributed by atoms with van der Waals surface area (Å²) in [5.41, 5.74) is 5.39. The Morgan fingerprint density at radius 1 is 0.370 bits per heavy atom. The van der Waals surface area contributed by atoms with Crippen LogP contribution in [0, 0.1) is 0 Å². The van der Waals surface area contributed by atoms with E-state index in [0.29, 0.717) is 5.56 Å². The predicted molar refractivity (Wildman–Crippen MR) is 222 cm³/mol. The van der Waals surface area contributed by atoms with Gasteiger partial charge >= 0.3 is 0 Å². The molecule has 0 saturated heterocycles. The molecule has 252 valence electrons. The molecule has 5 nitrogen and oxygen atoms in total. The molecule has 8 aromatic carbocycles. The van der Waals surface area contributed by atoms with Crippen LogP contribution in [0.2, 0.25) is 0 Å². The summed E-state index contributed by atoms with van der Waals surface area (Å²) >= 11 is 0. The number of hydrogen-bond donors (Lipinski definition) is 0. The molecule has 3 heterocycles.